The maximum absolute atomic E-state index is 5.62. The van der Waals surface area contributed by atoms with E-state index in [2.05, 4.69) is 15.6 Å². The quantitative estimate of drug-likeness (QED) is 0.901. The van der Waals surface area contributed by atoms with Crippen molar-refractivity contribution < 1.29 is 9.47 Å². The first-order valence-electron chi connectivity index (χ1n) is 6.36. The molecule has 0 fully saturated rings. The first kappa shape index (κ1) is 12.0. The molecule has 2 heterocycles. The van der Waals surface area contributed by atoms with Crippen molar-refractivity contribution in [3.8, 4) is 11.5 Å². The van der Waals surface area contributed by atoms with Crippen LogP contribution in [0.25, 0.3) is 0 Å². The van der Waals surface area contributed by atoms with Crippen LogP contribution in [0.5, 0.6) is 11.5 Å². The maximum atomic E-state index is 5.62. The summed E-state index contributed by atoms with van der Waals surface area (Å²) in [5.41, 5.74) is 8.05. The van der Waals surface area contributed by atoms with Crippen molar-refractivity contribution in [2.24, 2.45) is 12.8 Å². The Balaban J connectivity index is 1.70. The lowest BCUT2D eigenvalue weighted by Crippen LogP contribution is -2.07. The zero-order chi connectivity index (χ0) is 13.2. The van der Waals surface area contributed by atoms with Gasteiger partial charge in [-0.2, -0.15) is 0 Å². The van der Waals surface area contributed by atoms with Crippen molar-refractivity contribution in [1.82, 2.24) is 9.55 Å². The standard InChI is InChI=1S/C14H17N3O2/c1-17-11(8-16-14(17)7-15)4-2-10-3-5-12-13(6-10)19-9-18-12/h3,5-6,8H,2,4,7,9,15H2,1H3. The smallest absolute Gasteiger partial charge is 0.231 e. The van der Waals surface area contributed by atoms with Crippen LogP contribution in [0.4, 0.5) is 0 Å². The van der Waals surface area contributed by atoms with Crippen LogP contribution in [0.3, 0.4) is 0 Å². The largest absolute Gasteiger partial charge is 0.454 e. The first-order valence-corrected chi connectivity index (χ1v) is 6.36. The third-order valence-corrected chi connectivity index (χ3v) is 3.47. The predicted molar refractivity (Wildman–Crippen MR) is 71.1 cm³/mol. The Morgan fingerprint density at radius 2 is 2.11 bits per heavy atom. The molecular weight excluding hydrogens is 242 g/mol. The number of aromatic nitrogens is 2. The number of nitrogens with two attached hydrogens (primary N) is 1. The second-order valence-electron chi connectivity index (χ2n) is 4.62. The molecule has 1 aromatic heterocycles. The minimum absolute atomic E-state index is 0.320. The van der Waals surface area contributed by atoms with Gasteiger partial charge >= 0.3 is 0 Å². The molecule has 0 bridgehead atoms. The molecule has 0 amide bonds. The first-order chi connectivity index (χ1) is 9.28. The van der Waals surface area contributed by atoms with E-state index in [9.17, 15) is 0 Å². The molecule has 19 heavy (non-hydrogen) atoms. The molecule has 0 atom stereocenters. The highest BCUT2D eigenvalue weighted by Gasteiger charge is 2.13. The van der Waals surface area contributed by atoms with Gasteiger partial charge in [-0.15, -0.1) is 0 Å². The van der Waals surface area contributed by atoms with E-state index in [1.165, 1.54) is 11.3 Å². The van der Waals surface area contributed by atoms with E-state index < -0.39 is 0 Å². The van der Waals surface area contributed by atoms with E-state index >= 15 is 0 Å². The summed E-state index contributed by atoms with van der Waals surface area (Å²) in [6, 6.07) is 6.09. The summed E-state index contributed by atoms with van der Waals surface area (Å²) in [6.45, 7) is 0.793. The second kappa shape index (κ2) is 4.93. The van der Waals surface area contributed by atoms with Gasteiger partial charge in [-0.3, -0.25) is 0 Å². The molecule has 1 aromatic carbocycles. The van der Waals surface area contributed by atoms with Crippen LogP contribution in [0.2, 0.25) is 0 Å². The Morgan fingerprint density at radius 1 is 1.26 bits per heavy atom. The van der Waals surface area contributed by atoms with Crippen molar-refractivity contribution in [3.63, 3.8) is 0 Å². The average Bonchev–Trinajstić information content (AvgIpc) is 3.02. The maximum Gasteiger partial charge on any atom is 0.231 e. The van der Waals surface area contributed by atoms with Crippen LogP contribution in [-0.2, 0) is 26.4 Å². The fraction of sp³-hybridized carbons (Fsp3) is 0.357. The number of nitrogens with zero attached hydrogens (tertiary/aromatic N) is 2. The number of aryl methyl sites for hydroxylation is 2. The number of imidazole rings is 1. The van der Waals surface area contributed by atoms with E-state index in [4.69, 9.17) is 15.2 Å². The highest BCUT2D eigenvalue weighted by atomic mass is 16.7. The third kappa shape index (κ3) is 2.29. The molecule has 3 rings (SSSR count). The van der Waals surface area contributed by atoms with Gasteiger partial charge in [0.2, 0.25) is 6.79 Å². The minimum atomic E-state index is 0.320. The highest BCUT2D eigenvalue weighted by Crippen LogP contribution is 2.32. The molecule has 0 aliphatic carbocycles. The van der Waals surface area contributed by atoms with Crippen LogP contribution in [0, 0.1) is 0 Å². The number of ether oxygens (including phenoxy) is 2. The molecule has 1 aliphatic heterocycles. The van der Waals surface area contributed by atoms with Crippen LogP contribution in [0.1, 0.15) is 17.1 Å². The summed E-state index contributed by atoms with van der Waals surface area (Å²) in [5, 5.41) is 0. The Morgan fingerprint density at radius 3 is 2.89 bits per heavy atom. The summed E-state index contributed by atoms with van der Waals surface area (Å²) < 4.78 is 12.7. The Kier molecular flexibility index (Phi) is 3.13. The molecule has 0 saturated heterocycles. The second-order valence-corrected chi connectivity index (χ2v) is 4.62. The monoisotopic (exact) mass is 259 g/mol. The molecule has 5 heteroatoms. The van der Waals surface area contributed by atoms with E-state index in [1.54, 1.807) is 0 Å². The molecule has 100 valence electrons. The van der Waals surface area contributed by atoms with Crippen molar-refractivity contribution in [2.75, 3.05) is 6.79 Å². The number of benzene rings is 1. The Labute approximate surface area is 112 Å². The van der Waals surface area contributed by atoms with Crippen molar-refractivity contribution >= 4 is 0 Å². The molecule has 0 saturated carbocycles. The van der Waals surface area contributed by atoms with Crippen LogP contribution in [0.15, 0.2) is 24.4 Å². The van der Waals surface area contributed by atoms with Gasteiger partial charge in [0.1, 0.15) is 5.82 Å². The van der Waals surface area contributed by atoms with E-state index in [1.807, 2.05) is 25.4 Å². The number of rotatable bonds is 4. The van der Waals surface area contributed by atoms with Crippen molar-refractivity contribution in [2.45, 2.75) is 19.4 Å². The minimum Gasteiger partial charge on any atom is -0.454 e. The van der Waals surface area contributed by atoms with Crippen molar-refractivity contribution in [1.29, 1.82) is 0 Å². The van der Waals surface area contributed by atoms with Gasteiger partial charge in [0.05, 0.1) is 6.54 Å². The summed E-state index contributed by atoms with van der Waals surface area (Å²) in [4.78, 5) is 4.30. The molecule has 2 N–H and O–H groups in total. The lowest BCUT2D eigenvalue weighted by Gasteiger charge is -2.05. The zero-order valence-electron chi connectivity index (χ0n) is 10.9. The highest BCUT2D eigenvalue weighted by molar-refractivity contribution is 5.44. The van der Waals surface area contributed by atoms with Gasteiger partial charge in [-0.05, 0) is 30.5 Å². The summed E-state index contributed by atoms with van der Waals surface area (Å²) in [7, 11) is 2.00. The molecule has 2 aromatic rings. The number of fused-ring (bicyclic) bond motifs is 1. The fourth-order valence-corrected chi connectivity index (χ4v) is 2.28. The predicted octanol–water partition coefficient (Wildman–Crippen LogP) is 1.39. The van der Waals surface area contributed by atoms with E-state index in [0.717, 1.165) is 30.2 Å². The summed E-state index contributed by atoms with van der Waals surface area (Å²) in [6.07, 6.45) is 3.78. The van der Waals surface area contributed by atoms with Gasteiger partial charge < -0.3 is 19.8 Å². The van der Waals surface area contributed by atoms with Gasteiger partial charge in [-0.1, -0.05) is 6.07 Å². The van der Waals surface area contributed by atoms with Gasteiger partial charge in [0.15, 0.2) is 11.5 Å². The topological polar surface area (TPSA) is 62.3 Å². The van der Waals surface area contributed by atoms with Crippen LogP contribution >= 0.6 is 0 Å². The van der Waals surface area contributed by atoms with E-state index in [0.29, 0.717) is 13.3 Å². The molecule has 0 spiro atoms. The summed E-state index contributed by atoms with van der Waals surface area (Å²) in [5.74, 6) is 2.58. The van der Waals surface area contributed by atoms with Crippen molar-refractivity contribution in [3.05, 3.63) is 41.5 Å². The van der Waals surface area contributed by atoms with Crippen LogP contribution in [-0.4, -0.2) is 16.3 Å². The van der Waals surface area contributed by atoms with Gasteiger partial charge in [0.25, 0.3) is 0 Å². The molecule has 1 aliphatic rings. The van der Waals surface area contributed by atoms with E-state index in [-0.39, 0.29) is 0 Å². The SMILES string of the molecule is Cn1c(CCc2ccc3c(c2)OCO3)cnc1CN. The fourth-order valence-electron chi connectivity index (χ4n) is 2.28. The summed E-state index contributed by atoms with van der Waals surface area (Å²) >= 11 is 0. The van der Waals surface area contributed by atoms with Crippen LogP contribution < -0.4 is 15.2 Å². The molecule has 0 radical (unpaired) electrons. The number of hydrogen-bond donors (Lipinski definition) is 1. The molecule has 0 unspecified atom stereocenters. The molecule has 5 nitrogen and oxygen atoms in total. The third-order valence-electron chi connectivity index (χ3n) is 3.47. The Bertz CT molecular complexity index is 592. The van der Waals surface area contributed by atoms with Gasteiger partial charge in [0, 0.05) is 18.9 Å². The Hall–Kier alpha value is -2.01. The zero-order valence-corrected chi connectivity index (χ0v) is 10.9. The number of hydrogen-bond acceptors (Lipinski definition) is 4. The van der Waals surface area contributed by atoms with Gasteiger partial charge in [-0.25, -0.2) is 4.98 Å². The average molecular weight is 259 g/mol. The lowest BCUT2D eigenvalue weighted by molar-refractivity contribution is 0.174. The molecular formula is C14H17N3O2. The normalized spacial score (nSPS) is 12.9. The lowest BCUT2D eigenvalue weighted by atomic mass is 10.1.